The maximum atomic E-state index is 12.6. The second kappa shape index (κ2) is 6.57. The minimum absolute atomic E-state index is 0.0401. The summed E-state index contributed by atoms with van der Waals surface area (Å²) in [5, 5.41) is 6.05. The van der Waals surface area contributed by atoms with Crippen LogP contribution in [0.25, 0.3) is 0 Å². The Bertz CT molecular complexity index is 577. The molecule has 2 N–H and O–H groups in total. The number of carbonyl (C=O) groups excluding carboxylic acids is 1. The molecule has 0 saturated carbocycles. The van der Waals surface area contributed by atoms with Crippen LogP contribution in [0, 0.1) is 0 Å². The molecule has 1 aliphatic rings. The summed E-state index contributed by atoms with van der Waals surface area (Å²) in [7, 11) is 0. The van der Waals surface area contributed by atoms with Crippen LogP contribution < -0.4 is 10.6 Å². The van der Waals surface area contributed by atoms with Crippen molar-refractivity contribution in [3.05, 3.63) is 28.8 Å². The minimum atomic E-state index is -4.48. The Labute approximate surface area is 128 Å². The molecule has 0 saturated heterocycles. The molecule has 9 heteroatoms. The number of alkyl halides is 3. The number of nitrogens with one attached hydrogen (secondary N) is 2. The molecule has 21 heavy (non-hydrogen) atoms. The Balaban J connectivity index is 1.99. The largest absolute Gasteiger partial charge is 0.416 e. The van der Waals surface area contributed by atoms with Crippen molar-refractivity contribution >= 4 is 40.1 Å². The predicted molar refractivity (Wildman–Crippen MR) is 77.8 cm³/mol. The lowest BCUT2D eigenvalue weighted by atomic mass is 10.2. The number of carbonyl (C=O) groups is 1. The van der Waals surface area contributed by atoms with Gasteiger partial charge in [-0.3, -0.25) is 9.79 Å². The molecule has 0 bridgehead atoms. The molecule has 1 amide bonds. The second-order valence-corrected chi connectivity index (χ2v) is 5.51. The number of amidine groups is 1. The van der Waals surface area contributed by atoms with Crippen molar-refractivity contribution in [3.63, 3.8) is 0 Å². The van der Waals surface area contributed by atoms with Crippen molar-refractivity contribution in [2.24, 2.45) is 4.99 Å². The molecule has 0 spiro atoms. The highest BCUT2D eigenvalue weighted by Crippen LogP contribution is 2.33. The Morgan fingerprint density at radius 2 is 2.24 bits per heavy atom. The summed E-state index contributed by atoms with van der Waals surface area (Å²) in [6, 6.07) is 2.79. The summed E-state index contributed by atoms with van der Waals surface area (Å²) >= 11 is 6.98. The summed E-state index contributed by atoms with van der Waals surface area (Å²) in [4.78, 5) is 15.8. The van der Waals surface area contributed by atoms with Crippen molar-refractivity contribution in [3.8, 4) is 0 Å². The van der Waals surface area contributed by atoms with Crippen LogP contribution in [-0.4, -0.2) is 29.9 Å². The third-order valence-corrected chi connectivity index (χ3v) is 3.83. The zero-order valence-electron chi connectivity index (χ0n) is 10.6. The smallest absolute Gasteiger partial charge is 0.363 e. The first-order chi connectivity index (χ1) is 9.86. The van der Waals surface area contributed by atoms with E-state index in [2.05, 4.69) is 15.6 Å². The number of benzene rings is 1. The Morgan fingerprint density at radius 3 is 2.86 bits per heavy atom. The van der Waals surface area contributed by atoms with E-state index in [1.165, 1.54) is 11.8 Å². The monoisotopic (exact) mass is 337 g/mol. The molecule has 1 aliphatic heterocycles. The fourth-order valence-corrected chi connectivity index (χ4v) is 2.48. The number of anilines is 1. The topological polar surface area (TPSA) is 53.5 Å². The zero-order valence-corrected chi connectivity index (χ0v) is 12.2. The van der Waals surface area contributed by atoms with Gasteiger partial charge in [-0.1, -0.05) is 23.4 Å². The lowest BCUT2D eigenvalue weighted by Crippen LogP contribution is -2.20. The van der Waals surface area contributed by atoms with Crippen LogP contribution in [0.15, 0.2) is 23.2 Å². The third kappa shape index (κ3) is 4.53. The van der Waals surface area contributed by atoms with Gasteiger partial charge in [-0.15, -0.1) is 0 Å². The van der Waals surface area contributed by atoms with Gasteiger partial charge in [0.05, 0.1) is 28.6 Å². The molecule has 0 fully saturated rings. The highest BCUT2D eigenvalue weighted by Gasteiger charge is 2.31. The van der Waals surface area contributed by atoms with Crippen molar-refractivity contribution in [1.29, 1.82) is 0 Å². The van der Waals surface area contributed by atoms with Gasteiger partial charge in [-0.05, 0) is 18.2 Å². The fraction of sp³-hybridized carbons (Fsp3) is 0.333. The van der Waals surface area contributed by atoms with Gasteiger partial charge in [0.2, 0.25) is 5.91 Å². The van der Waals surface area contributed by atoms with Crippen molar-refractivity contribution < 1.29 is 18.0 Å². The van der Waals surface area contributed by atoms with E-state index in [-0.39, 0.29) is 16.5 Å². The molecule has 0 unspecified atom stereocenters. The van der Waals surface area contributed by atoms with Gasteiger partial charge in [-0.2, -0.15) is 13.2 Å². The van der Waals surface area contributed by atoms with Gasteiger partial charge >= 0.3 is 6.18 Å². The molecule has 0 radical (unpaired) electrons. The number of amides is 1. The standard InChI is InChI=1S/C12H11ClF3N3OS/c13-8-2-1-7(12(14,15)16)5-9(8)19-10(20)6-21-11-17-3-4-18-11/h1-2,5H,3-4,6H2,(H,17,18)(H,19,20). The van der Waals surface area contributed by atoms with Gasteiger partial charge in [-0.25, -0.2) is 0 Å². The number of thioether (sulfide) groups is 1. The van der Waals surface area contributed by atoms with E-state index < -0.39 is 17.6 Å². The Hall–Kier alpha value is -1.41. The number of nitrogens with zero attached hydrogens (tertiary/aromatic N) is 1. The lowest BCUT2D eigenvalue weighted by molar-refractivity contribution is -0.137. The summed E-state index contributed by atoms with van der Waals surface area (Å²) < 4.78 is 37.8. The molecule has 114 valence electrons. The summed E-state index contributed by atoms with van der Waals surface area (Å²) in [5.41, 5.74) is -0.921. The minimum Gasteiger partial charge on any atom is -0.363 e. The molecule has 2 rings (SSSR count). The lowest BCUT2D eigenvalue weighted by Gasteiger charge is -2.11. The number of rotatable bonds is 3. The molecule has 0 aliphatic carbocycles. The molecule has 4 nitrogen and oxygen atoms in total. The molecule has 0 atom stereocenters. The van der Waals surface area contributed by atoms with Crippen LogP contribution in [0.5, 0.6) is 0 Å². The molecule has 0 aromatic heterocycles. The average Bonchev–Trinajstić information content (AvgIpc) is 2.91. The highest BCUT2D eigenvalue weighted by molar-refractivity contribution is 8.14. The van der Waals surface area contributed by atoms with Gasteiger partial charge in [0.25, 0.3) is 0 Å². The van der Waals surface area contributed by atoms with Gasteiger partial charge < -0.3 is 10.6 Å². The number of hydrogen-bond donors (Lipinski definition) is 2. The molecular weight excluding hydrogens is 327 g/mol. The van der Waals surface area contributed by atoms with Crippen LogP contribution in [0.3, 0.4) is 0 Å². The van der Waals surface area contributed by atoms with Crippen molar-refractivity contribution in [1.82, 2.24) is 5.32 Å². The van der Waals surface area contributed by atoms with E-state index >= 15 is 0 Å². The zero-order chi connectivity index (χ0) is 15.5. The molecular formula is C12H11ClF3N3OS. The van der Waals surface area contributed by atoms with Crippen LogP contribution in [0.4, 0.5) is 18.9 Å². The van der Waals surface area contributed by atoms with Gasteiger partial charge in [0.1, 0.15) is 0 Å². The van der Waals surface area contributed by atoms with Gasteiger partial charge in [0, 0.05) is 6.54 Å². The second-order valence-electron chi connectivity index (χ2n) is 4.14. The first-order valence-corrected chi connectivity index (χ1v) is 7.30. The SMILES string of the molecule is O=C(CSC1=NCCN1)Nc1cc(C(F)(F)F)ccc1Cl. The van der Waals surface area contributed by atoms with E-state index in [4.69, 9.17) is 11.6 Å². The third-order valence-electron chi connectivity index (χ3n) is 2.55. The first kappa shape index (κ1) is 16.0. The molecule has 1 aromatic rings. The fourth-order valence-electron chi connectivity index (χ4n) is 1.59. The van der Waals surface area contributed by atoms with Crippen molar-refractivity contribution in [2.45, 2.75) is 6.18 Å². The summed E-state index contributed by atoms with van der Waals surface area (Å²) in [6.07, 6.45) is -4.48. The van der Waals surface area contributed by atoms with Crippen LogP contribution in [0.1, 0.15) is 5.56 Å². The average molecular weight is 338 g/mol. The van der Waals surface area contributed by atoms with Crippen molar-refractivity contribution in [2.75, 3.05) is 24.2 Å². The number of hydrogen-bond acceptors (Lipinski definition) is 4. The van der Waals surface area contributed by atoms with Gasteiger partial charge in [0.15, 0.2) is 5.17 Å². The number of halogens is 4. The van der Waals surface area contributed by atoms with E-state index in [9.17, 15) is 18.0 Å². The van der Waals surface area contributed by atoms with E-state index in [0.29, 0.717) is 11.7 Å². The molecule has 1 aromatic carbocycles. The maximum Gasteiger partial charge on any atom is 0.416 e. The highest BCUT2D eigenvalue weighted by atomic mass is 35.5. The first-order valence-electron chi connectivity index (χ1n) is 5.94. The number of aliphatic imine (C=N–C) groups is 1. The van der Waals surface area contributed by atoms with E-state index in [1.807, 2.05) is 0 Å². The van der Waals surface area contributed by atoms with Crippen LogP contribution in [-0.2, 0) is 11.0 Å². The summed E-state index contributed by atoms with van der Waals surface area (Å²) in [6.45, 7) is 1.38. The molecule has 1 heterocycles. The summed E-state index contributed by atoms with van der Waals surface area (Å²) in [5.74, 6) is -0.407. The Morgan fingerprint density at radius 1 is 1.48 bits per heavy atom. The van der Waals surface area contributed by atoms with E-state index in [1.54, 1.807) is 0 Å². The van der Waals surface area contributed by atoms with Crippen LogP contribution >= 0.6 is 23.4 Å². The normalized spacial score (nSPS) is 14.6. The Kier molecular flexibility index (Phi) is 5.00. The predicted octanol–water partition coefficient (Wildman–Crippen LogP) is 2.99. The van der Waals surface area contributed by atoms with E-state index in [0.717, 1.165) is 24.7 Å². The maximum absolute atomic E-state index is 12.6. The van der Waals surface area contributed by atoms with Crippen LogP contribution in [0.2, 0.25) is 5.02 Å². The quantitative estimate of drug-likeness (QED) is 0.891.